The Balaban J connectivity index is 1.40. The SMILES string of the molecule is Cn1nc(-c2nnc(C(F)F)s2)c2cc(S(=O)(=O)N(COCC[Si](C)(C)C)C3(C)CC3)cc(N3CCN(C(=O)C4CC4)CC3)c21. The Morgan fingerprint density at radius 1 is 1.16 bits per heavy atom. The fourth-order valence-electron chi connectivity index (χ4n) is 5.69. The smallest absolute Gasteiger partial charge is 0.291 e. The first-order chi connectivity index (χ1) is 21.2. The molecule has 3 aromatic rings. The van der Waals surface area contributed by atoms with Crippen LogP contribution >= 0.6 is 11.3 Å². The van der Waals surface area contributed by atoms with Crippen molar-refractivity contribution in [2.24, 2.45) is 13.0 Å². The molecule has 0 radical (unpaired) electrons. The maximum absolute atomic E-state index is 14.5. The Morgan fingerprint density at radius 3 is 2.42 bits per heavy atom. The average Bonchev–Trinajstić information content (AvgIpc) is 3.89. The van der Waals surface area contributed by atoms with Gasteiger partial charge in [-0.1, -0.05) is 31.0 Å². The quantitative estimate of drug-likeness (QED) is 0.150. The van der Waals surface area contributed by atoms with Crippen LogP contribution in [0, 0.1) is 5.92 Å². The summed E-state index contributed by atoms with van der Waals surface area (Å²) in [4.78, 5) is 16.8. The van der Waals surface area contributed by atoms with Crippen LogP contribution in [0.3, 0.4) is 0 Å². The van der Waals surface area contributed by atoms with Gasteiger partial charge in [0.05, 0.1) is 16.1 Å². The van der Waals surface area contributed by atoms with Crippen LogP contribution in [-0.4, -0.2) is 96.6 Å². The van der Waals surface area contributed by atoms with E-state index in [-0.39, 0.29) is 28.5 Å². The predicted molar refractivity (Wildman–Crippen MR) is 172 cm³/mol. The molecule has 16 heteroatoms. The molecule has 2 saturated carbocycles. The van der Waals surface area contributed by atoms with Gasteiger partial charge < -0.3 is 14.5 Å². The minimum absolute atomic E-state index is 0.0489. The molecule has 6 rings (SSSR count). The van der Waals surface area contributed by atoms with E-state index in [1.165, 1.54) is 4.31 Å². The van der Waals surface area contributed by atoms with E-state index in [1.807, 2.05) is 11.8 Å². The molecule has 3 fully saturated rings. The summed E-state index contributed by atoms with van der Waals surface area (Å²) >= 11 is 0.743. The van der Waals surface area contributed by atoms with Gasteiger partial charge in [-0.15, -0.1) is 10.2 Å². The van der Waals surface area contributed by atoms with E-state index in [0.717, 1.165) is 43.1 Å². The molecular weight excluding hydrogens is 641 g/mol. The fraction of sp³-hybridized carbons (Fsp3) is 0.655. The van der Waals surface area contributed by atoms with Crippen molar-refractivity contribution >= 4 is 51.9 Å². The zero-order valence-corrected chi connectivity index (χ0v) is 29.1. The third-order valence-electron chi connectivity index (χ3n) is 8.95. The van der Waals surface area contributed by atoms with Crippen LogP contribution in [0.15, 0.2) is 17.0 Å². The number of ether oxygens (including phenoxy) is 1. The number of rotatable bonds is 12. The molecule has 11 nitrogen and oxygen atoms in total. The van der Waals surface area contributed by atoms with Crippen molar-refractivity contribution in [2.45, 2.75) is 75.2 Å². The number of halogens is 2. The van der Waals surface area contributed by atoms with Gasteiger partial charge in [-0.25, -0.2) is 17.2 Å². The summed E-state index contributed by atoms with van der Waals surface area (Å²) in [6, 6.07) is 4.19. The van der Waals surface area contributed by atoms with E-state index in [2.05, 4.69) is 39.8 Å². The van der Waals surface area contributed by atoms with E-state index in [1.54, 1.807) is 23.9 Å². The largest absolute Gasteiger partial charge is 0.366 e. The average molecular weight is 682 g/mol. The molecule has 2 aromatic heterocycles. The van der Waals surface area contributed by atoms with E-state index in [0.29, 0.717) is 55.1 Å². The Labute approximate surface area is 267 Å². The van der Waals surface area contributed by atoms with Crippen LogP contribution < -0.4 is 4.90 Å². The lowest BCUT2D eigenvalue weighted by molar-refractivity contribution is -0.132. The zero-order chi connectivity index (χ0) is 32.3. The minimum Gasteiger partial charge on any atom is -0.366 e. The Bertz CT molecular complexity index is 1690. The zero-order valence-electron chi connectivity index (χ0n) is 26.4. The second-order valence-corrected chi connectivity index (χ2v) is 22.3. The lowest BCUT2D eigenvalue weighted by Crippen LogP contribution is -2.49. The normalized spacial score (nSPS) is 18.9. The predicted octanol–water partition coefficient (Wildman–Crippen LogP) is 4.94. The van der Waals surface area contributed by atoms with Crippen molar-refractivity contribution in [3.63, 3.8) is 0 Å². The van der Waals surface area contributed by atoms with Crippen molar-refractivity contribution < 1.29 is 26.7 Å². The summed E-state index contributed by atoms with van der Waals surface area (Å²) in [7, 11) is -3.68. The standard InChI is InChI=1S/C29H41F2N7O4S2Si/c1-29(8-9-29)38(18-42-14-15-45(3,4)5)44(40,41)20-16-21-23(26-32-33-27(43-26)25(30)31)34-35(2)24(21)22(17-20)36-10-12-37(13-11-36)28(39)19-6-7-19/h16-17,19,25H,6-15,18H2,1-5H3. The number of aromatic nitrogens is 4. The summed E-state index contributed by atoms with van der Waals surface area (Å²) < 4.78 is 65.0. The highest BCUT2D eigenvalue weighted by Gasteiger charge is 2.50. The number of aryl methyl sites for hydroxylation is 1. The molecule has 3 aliphatic rings. The number of alkyl halides is 2. The fourth-order valence-corrected chi connectivity index (χ4v) is 8.90. The molecule has 0 bridgehead atoms. The molecule has 2 aliphatic carbocycles. The molecule has 3 heterocycles. The number of nitrogens with zero attached hydrogens (tertiary/aromatic N) is 7. The number of anilines is 1. The molecule has 1 amide bonds. The second kappa shape index (κ2) is 11.9. The summed E-state index contributed by atoms with van der Waals surface area (Å²) in [5.74, 6) is 0.316. The number of hydrogen-bond donors (Lipinski definition) is 0. The first-order valence-electron chi connectivity index (χ1n) is 15.4. The molecule has 1 aromatic carbocycles. The van der Waals surface area contributed by atoms with Crippen molar-refractivity contribution in [1.82, 2.24) is 29.2 Å². The number of piperazine rings is 1. The van der Waals surface area contributed by atoms with Crippen LogP contribution in [0.25, 0.3) is 21.6 Å². The number of benzene rings is 1. The van der Waals surface area contributed by atoms with Gasteiger partial charge in [0.25, 0.3) is 6.43 Å². The molecule has 1 saturated heterocycles. The Morgan fingerprint density at radius 2 is 1.84 bits per heavy atom. The maximum atomic E-state index is 14.5. The van der Waals surface area contributed by atoms with Crippen molar-refractivity contribution in [3.05, 3.63) is 17.1 Å². The van der Waals surface area contributed by atoms with Crippen LogP contribution in [0.5, 0.6) is 0 Å². The lowest BCUT2D eigenvalue weighted by atomic mass is 10.1. The van der Waals surface area contributed by atoms with Crippen LogP contribution in [0.1, 0.15) is 44.0 Å². The van der Waals surface area contributed by atoms with E-state index < -0.39 is 35.1 Å². The number of hydrogen-bond acceptors (Lipinski definition) is 9. The first kappa shape index (κ1) is 32.4. The van der Waals surface area contributed by atoms with E-state index in [4.69, 9.17) is 4.74 Å². The number of fused-ring (bicyclic) bond motifs is 1. The molecule has 246 valence electrons. The van der Waals surface area contributed by atoms with Crippen LogP contribution in [0.4, 0.5) is 14.5 Å². The van der Waals surface area contributed by atoms with Gasteiger partial charge in [0.2, 0.25) is 15.9 Å². The number of carbonyl (C=O) groups is 1. The highest BCUT2D eigenvalue weighted by molar-refractivity contribution is 7.89. The Kier molecular flexibility index (Phi) is 8.59. The maximum Gasteiger partial charge on any atom is 0.291 e. The molecule has 0 unspecified atom stereocenters. The van der Waals surface area contributed by atoms with Gasteiger partial charge in [0, 0.05) is 64.8 Å². The van der Waals surface area contributed by atoms with Gasteiger partial charge in [-0.05, 0) is 50.8 Å². The van der Waals surface area contributed by atoms with E-state index >= 15 is 0 Å². The monoisotopic (exact) mass is 681 g/mol. The van der Waals surface area contributed by atoms with Crippen molar-refractivity contribution in [2.75, 3.05) is 44.4 Å². The van der Waals surface area contributed by atoms with Crippen molar-refractivity contribution in [3.8, 4) is 10.7 Å². The number of carbonyl (C=O) groups excluding carboxylic acids is 1. The van der Waals surface area contributed by atoms with Crippen LogP contribution in [-0.2, 0) is 26.6 Å². The highest BCUT2D eigenvalue weighted by Crippen LogP contribution is 2.46. The van der Waals surface area contributed by atoms with Gasteiger partial charge in [0.15, 0.2) is 10.0 Å². The molecule has 45 heavy (non-hydrogen) atoms. The summed E-state index contributed by atoms with van der Waals surface area (Å²) in [5.41, 5.74) is 1.07. The lowest BCUT2D eigenvalue weighted by Gasteiger charge is -2.37. The van der Waals surface area contributed by atoms with Crippen molar-refractivity contribution in [1.29, 1.82) is 0 Å². The topological polar surface area (TPSA) is 114 Å². The first-order valence-corrected chi connectivity index (χ1v) is 21.4. The summed E-state index contributed by atoms with van der Waals surface area (Å²) in [6.45, 7) is 11.2. The third kappa shape index (κ3) is 6.66. The summed E-state index contributed by atoms with van der Waals surface area (Å²) in [6.07, 6.45) is 0.562. The van der Waals surface area contributed by atoms with Gasteiger partial charge in [-0.2, -0.15) is 9.40 Å². The van der Waals surface area contributed by atoms with E-state index in [9.17, 15) is 22.0 Å². The Hall–Kier alpha value is -2.53. The number of amides is 1. The molecule has 0 N–H and O–H groups in total. The molecule has 0 spiro atoms. The number of sulfonamides is 1. The molecular formula is C29H41F2N7O4S2Si. The molecule has 0 atom stereocenters. The summed E-state index contributed by atoms with van der Waals surface area (Å²) in [5, 5.41) is 12.5. The van der Waals surface area contributed by atoms with Gasteiger partial charge in [-0.3, -0.25) is 9.48 Å². The van der Waals surface area contributed by atoms with Crippen LogP contribution in [0.2, 0.25) is 25.7 Å². The molecule has 1 aliphatic heterocycles. The second-order valence-electron chi connectivity index (χ2n) is 13.8. The van der Waals surface area contributed by atoms with Gasteiger partial charge >= 0.3 is 0 Å². The van der Waals surface area contributed by atoms with Gasteiger partial charge in [0.1, 0.15) is 12.4 Å². The third-order valence-corrected chi connectivity index (χ3v) is 13.5. The minimum atomic E-state index is -4.05. The highest BCUT2D eigenvalue weighted by atomic mass is 32.2.